The minimum absolute atomic E-state index is 0. The molecule has 0 radical (unpaired) electrons. The highest BCUT2D eigenvalue weighted by Crippen LogP contribution is 2.15. The quantitative estimate of drug-likeness (QED) is 0.854. The molecule has 1 aromatic rings. The zero-order chi connectivity index (χ0) is 11.4. The summed E-state index contributed by atoms with van der Waals surface area (Å²) in [6.45, 7) is 5.83. The highest BCUT2D eigenvalue weighted by atomic mass is 35.5. The molecule has 0 bridgehead atoms. The van der Waals surface area contributed by atoms with Crippen molar-refractivity contribution < 1.29 is 4.79 Å². The first-order valence-electron chi connectivity index (χ1n) is 5.20. The van der Waals surface area contributed by atoms with E-state index in [4.69, 9.17) is 5.73 Å². The molecule has 0 aliphatic rings. The Morgan fingerprint density at radius 3 is 2.62 bits per heavy atom. The number of hydrogen-bond donors (Lipinski definition) is 2. The molecular weight excluding hydrogens is 224 g/mol. The van der Waals surface area contributed by atoms with Gasteiger partial charge in [-0.3, -0.25) is 4.79 Å². The lowest BCUT2D eigenvalue weighted by atomic mass is 10.1. The van der Waals surface area contributed by atoms with Crippen LogP contribution in [-0.4, -0.2) is 11.9 Å². The van der Waals surface area contributed by atoms with Crippen LogP contribution in [0.15, 0.2) is 18.2 Å². The van der Waals surface area contributed by atoms with Crippen molar-refractivity contribution in [2.75, 3.05) is 5.32 Å². The minimum atomic E-state index is -0.476. The number of benzene rings is 1. The number of amides is 1. The second-order valence-electron chi connectivity index (χ2n) is 3.77. The van der Waals surface area contributed by atoms with E-state index in [0.717, 1.165) is 12.1 Å². The summed E-state index contributed by atoms with van der Waals surface area (Å²) >= 11 is 0. The van der Waals surface area contributed by atoms with E-state index in [0.29, 0.717) is 0 Å². The van der Waals surface area contributed by atoms with Gasteiger partial charge < -0.3 is 11.1 Å². The maximum atomic E-state index is 11.4. The van der Waals surface area contributed by atoms with Crippen LogP contribution in [0, 0.1) is 6.92 Å². The van der Waals surface area contributed by atoms with Gasteiger partial charge in [-0.05, 0) is 43.5 Å². The second kappa shape index (κ2) is 6.51. The van der Waals surface area contributed by atoms with Crippen LogP contribution in [0.2, 0.25) is 0 Å². The number of halogens is 1. The van der Waals surface area contributed by atoms with Crippen LogP contribution in [0.3, 0.4) is 0 Å². The van der Waals surface area contributed by atoms with Gasteiger partial charge in [-0.25, -0.2) is 0 Å². The summed E-state index contributed by atoms with van der Waals surface area (Å²) < 4.78 is 0. The topological polar surface area (TPSA) is 55.1 Å². The number of carbonyl (C=O) groups is 1. The first-order chi connectivity index (χ1) is 7.04. The van der Waals surface area contributed by atoms with Crippen LogP contribution < -0.4 is 11.1 Å². The molecule has 90 valence electrons. The van der Waals surface area contributed by atoms with Crippen molar-refractivity contribution in [2.45, 2.75) is 33.2 Å². The molecule has 1 unspecified atom stereocenters. The highest BCUT2D eigenvalue weighted by Gasteiger charge is 2.07. The molecule has 0 aliphatic heterocycles. The Morgan fingerprint density at radius 2 is 2.12 bits per heavy atom. The Hall–Kier alpha value is -1.06. The monoisotopic (exact) mass is 242 g/mol. The normalized spacial score (nSPS) is 11.5. The molecule has 0 saturated heterocycles. The van der Waals surface area contributed by atoms with Crippen LogP contribution in [0.25, 0.3) is 0 Å². The summed E-state index contributed by atoms with van der Waals surface area (Å²) in [6.07, 6.45) is 0.966. The lowest BCUT2D eigenvalue weighted by Gasteiger charge is -2.10. The van der Waals surface area contributed by atoms with Crippen molar-refractivity contribution in [1.82, 2.24) is 0 Å². The lowest BCUT2D eigenvalue weighted by Crippen LogP contribution is -2.32. The molecule has 1 atom stereocenters. The van der Waals surface area contributed by atoms with E-state index in [2.05, 4.69) is 19.2 Å². The fraction of sp³-hybridized carbons (Fsp3) is 0.417. The maximum Gasteiger partial charge on any atom is 0.240 e. The summed E-state index contributed by atoms with van der Waals surface area (Å²) in [5, 5.41) is 2.78. The molecule has 3 nitrogen and oxygen atoms in total. The highest BCUT2D eigenvalue weighted by molar-refractivity contribution is 5.94. The van der Waals surface area contributed by atoms with Gasteiger partial charge in [-0.2, -0.15) is 0 Å². The molecule has 0 aliphatic carbocycles. The van der Waals surface area contributed by atoms with Gasteiger partial charge in [-0.15, -0.1) is 12.4 Å². The van der Waals surface area contributed by atoms with E-state index >= 15 is 0 Å². The van der Waals surface area contributed by atoms with E-state index in [9.17, 15) is 4.79 Å². The molecule has 0 spiro atoms. The average molecular weight is 243 g/mol. The summed E-state index contributed by atoms with van der Waals surface area (Å²) in [5.41, 5.74) is 8.79. The van der Waals surface area contributed by atoms with Gasteiger partial charge >= 0.3 is 0 Å². The minimum Gasteiger partial charge on any atom is -0.325 e. The van der Waals surface area contributed by atoms with Gasteiger partial charge in [0, 0.05) is 5.69 Å². The zero-order valence-corrected chi connectivity index (χ0v) is 10.7. The van der Waals surface area contributed by atoms with Crippen LogP contribution in [0.1, 0.15) is 25.0 Å². The zero-order valence-electron chi connectivity index (χ0n) is 9.91. The third-order valence-electron chi connectivity index (χ3n) is 2.41. The second-order valence-corrected chi connectivity index (χ2v) is 3.77. The molecule has 0 heterocycles. The van der Waals surface area contributed by atoms with Crippen LogP contribution in [0.4, 0.5) is 5.69 Å². The standard InChI is InChI=1S/C12H18N2O.ClH/c1-4-10-7-11(6-5-8(10)2)14-12(15)9(3)13;/h5-7,9H,4,13H2,1-3H3,(H,14,15);1H. The van der Waals surface area contributed by atoms with Crippen molar-refractivity contribution >= 4 is 24.0 Å². The van der Waals surface area contributed by atoms with E-state index in [1.807, 2.05) is 18.2 Å². The largest absolute Gasteiger partial charge is 0.325 e. The molecule has 0 aromatic heterocycles. The first kappa shape index (κ1) is 14.9. The van der Waals surface area contributed by atoms with Crippen molar-refractivity contribution in [3.63, 3.8) is 0 Å². The molecule has 1 amide bonds. The smallest absolute Gasteiger partial charge is 0.240 e. The number of carbonyl (C=O) groups excluding carboxylic acids is 1. The Bertz CT molecular complexity index is 364. The first-order valence-corrected chi connectivity index (χ1v) is 5.20. The van der Waals surface area contributed by atoms with E-state index in [-0.39, 0.29) is 18.3 Å². The number of anilines is 1. The summed E-state index contributed by atoms with van der Waals surface area (Å²) in [7, 11) is 0. The van der Waals surface area contributed by atoms with Crippen LogP contribution in [0.5, 0.6) is 0 Å². The molecule has 3 N–H and O–H groups in total. The van der Waals surface area contributed by atoms with E-state index < -0.39 is 6.04 Å². The molecule has 0 saturated carbocycles. The number of hydrogen-bond acceptors (Lipinski definition) is 2. The van der Waals surface area contributed by atoms with Gasteiger partial charge in [0.2, 0.25) is 5.91 Å². The lowest BCUT2D eigenvalue weighted by molar-refractivity contribution is -0.117. The summed E-state index contributed by atoms with van der Waals surface area (Å²) in [6, 6.07) is 5.43. The van der Waals surface area contributed by atoms with Crippen molar-refractivity contribution in [2.24, 2.45) is 5.73 Å². The molecule has 0 fully saturated rings. The third kappa shape index (κ3) is 3.83. The Kier molecular flexibility index (Phi) is 6.08. The predicted molar refractivity (Wildman–Crippen MR) is 70.1 cm³/mol. The molecule has 16 heavy (non-hydrogen) atoms. The van der Waals surface area contributed by atoms with Gasteiger partial charge in [0.15, 0.2) is 0 Å². The number of aryl methyl sites for hydroxylation is 2. The molecule has 1 rings (SSSR count). The number of rotatable bonds is 3. The van der Waals surface area contributed by atoms with Gasteiger partial charge in [0.25, 0.3) is 0 Å². The van der Waals surface area contributed by atoms with Crippen molar-refractivity contribution in [1.29, 1.82) is 0 Å². The number of nitrogens with one attached hydrogen (secondary N) is 1. The van der Waals surface area contributed by atoms with Crippen molar-refractivity contribution in [3.05, 3.63) is 29.3 Å². The van der Waals surface area contributed by atoms with Gasteiger partial charge in [0.1, 0.15) is 0 Å². The summed E-state index contributed by atoms with van der Waals surface area (Å²) in [5.74, 6) is -0.152. The van der Waals surface area contributed by atoms with E-state index in [1.54, 1.807) is 6.92 Å². The van der Waals surface area contributed by atoms with Crippen LogP contribution >= 0.6 is 12.4 Å². The number of nitrogens with two attached hydrogens (primary N) is 1. The molecular formula is C12H19ClN2O. The maximum absolute atomic E-state index is 11.4. The Morgan fingerprint density at radius 1 is 1.50 bits per heavy atom. The van der Waals surface area contributed by atoms with E-state index in [1.165, 1.54) is 11.1 Å². The third-order valence-corrected chi connectivity index (χ3v) is 2.41. The predicted octanol–water partition coefficient (Wildman–Crippen LogP) is 2.26. The average Bonchev–Trinajstić information content (AvgIpc) is 2.20. The fourth-order valence-electron chi connectivity index (χ4n) is 1.39. The van der Waals surface area contributed by atoms with Crippen LogP contribution in [-0.2, 0) is 11.2 Å². The SMILES string of the molecule is CCc1cc(NC(=O)C(C)N)ccc1C.Cl. The Balaban J connectivity index is 0.00000225. The molecule has 1 aromatic carbocycles. The van der Waals surface area contributed by atoms with Crippen molar-refractivity contribution in [3.8, 4) is 0 Å². The Labute approximate surface area is 103 Å². The van der Waals surface area contributed by atoms with Gasteiger partial charge in [0.05, 0.1) is 6.04 Å². The molecule has 4 heteroatoms. The fourth-order valence-corrected chi connectivity index (χ4v) is 1.39. The summed E-state index contributed by atoms with van der Waals surface area (Å²) in [4.78, 5) is 11.4. The van der Waals surface area contributed by atoms with Gasteiger partial charge in [-0.1, -0.05) is 13.0 Å².